The molecule has 0 unspecified atom stereocenters. The van der Waals surface area contributed by atoms with Crippen molar-refractivity contribution in [3.8, 4) is 0 Å². The fourth-order valence-electron chi connectivity index (χ4n) is 0.686. The van der Waals surface area contributed by atoms with Crippen molar-refractivity contribution in [2.75, 3.05) is 20.3 Å². The van der Waals surface area contributed by atoms with Gasteiger partial charge in [-0.3, -0.25) is 14.9 Å². The highest BCUT2D eigenvalue weighted by atomic mass is 15.2. The average Bonchev–Trinajstić information content (AvgIpc) is 1.89. The Morgan fingerprint density at radius 1 is 1.60 bits per heavy atom. The first-order valence-corrected chi connectivity index (χ1v) is 3.44. The number of hydrogen-bond donors (Lipinski definition) is 0. The Kier molecular flexibility index (Phi) is 5.97. The lowest BCUT2D eigenvalue weighted by Crippen LogP contribution is -2.18. The van der Waals surface area contributed by atoms with Crippen LogP contribution in [0.3, 0.4) is 0 Å². The van der Waals surface area contributed by atoms with Crippen molar-refractivity contribution in [1.29, 1.82) is 0 Å². The molecule has 0 aromatic rings. The minimum atomic E-state index is 0.715. The molecule has 3 heteroatoms. The van der Waals surface area contributed by atoms with Gasteiger partial charge in [-0.15, -0.1) is 0 Å². The van der Waals surface area contributed by atoms with Crippen molar-refractivity contribution in [1.82, 2.24) is 4.90 Å². The van der Waals surface area contributed by atoms with Crippen LogP contribution in [0.2, 0.25) is 0 Å². The zero-order valence-electron chi connectivity index (χ0n) is 6.75. The van der Waals surface area contributed by atoms with E-state index >= 15 is 0 Å². The first-order chi connectivity index (χ1) is 4.81. The molecule has 0 atom stereocenters. The molecule has 0 aromatic heterocycles. The molecule has 0 saturated heterocycles. The number of hydrogen-bond acceptors (Lipinski definition) is 2. The zero-order valence-corrected chi connectivity index (χ0v) is 6.75. The predicted octanol–water partition coefficient (Wildman–Crippen LogP) is 1.01. The van der Waals surface area contributed by atoms with Crippen molar-refractivity contribution < 1.29 is 0 Å². The third kappa shape index (κ3) is 5.44. The first kappa shape index (κ1) is 9.30. The molecule has 3 nitrogen and oxygen atoms in total. The van der Waals surface area contributed by atoms with Gasteiger partial charge in [0.2, 0.25) is 0 Å². The van der Waals surface area contributed by atoms with E-state index in [2.05, 4.69) is 28.5 Å². The number of aliphatic imine (C=N–C) groups is 2. The molecule has 0 N–H and O–H groups in total. The van der Waals surface area contributed by atoms with Crippen LogP contribution in [0.4, 0.5) is 0 Å². The smallest absolute Gasteiger partial charge is 0.110 e. The second-order valence-corrected chi connectivity index (χ2v) is 2.20. The Labute approximate surface area is 62.5 Å². The maximum atomic E-state index is 3.98. The van der Waals surface area contributed by atoms with Gasteiger partial charge in [0.15, 0.2) is 0 Å². The van der Waals surface area contributed by atoms with Crippen LogP contribution < -0.4 is 0 Å². The van der Waals surface area contributed by atoms with Crippen molar-refractivity contribution in [3.63, 3.8) is 0 Å². The normalized spacial score (nSPS) is 11.1. The molecule has 0 amide bonds. The highest BCUT2D eigenvalue weighted by Gasteiger charge is 1.90. The average molecular weight is 141 g/mol. The van der Waals surface area contributed by atoms with Gasteiger partial charge in [-0.1, -0.05) is 6.92 Å². The van der Waals surface area contributed by atoms with Gasteiger partial charge in [-0.25, -0.2) is 0 Å². The summed E-state index contributed by atoms with van der Waals surface area (Å²) in [4.78, 5) is 9.61. The maximum absolute atomic E-state index is 3.98. The van der Waals surface area contributed by atoms with Gasteiger partial charge in [-0.05, 0) is 26.7 Å². The minimum absolute atomic E-state index is 0.715. The summed E-state index contributed by atoms with van der Waals surface area (Å²) in [6.45, 7) is 7.22. The van der Waals surface area contributed by atoms with Crippen LogP contribution in [0.5, 0.6) is 0 Å². The summed E-state index contributed by atoms with van der Waals surface area (Å²) in [6.07, 6.45) is 2.64. The molecule has 0 bridgehead atoms. The molecule has 0 aliphatic rings. The lowest BCUT2D eigenvalue weighted by atomic mass is 10.5. The minimum Gasteiger partial charge on any atom is -0.288 e. The third-order valence-electron chi connectivity index (χ3n) is 1.09. The Morgan fingerprint density at radius 3 is 2.80 bits per heavy atom. The van der Waals surface area contributed by atoms with Crippen LogP contribution in [0.25, 0.3) is 0 Å². The van der Waals surface area contributed by atoms with E-state index in [1.54, 1.807) is 0 Å². The topological polar surface area (TPSA) is 28.0 Å². The lowest BCUT2D eigenvalue weighted by Gasteiger charge is -2.10. The van der Waals surface area contributed by atoms with Crippen LogP contribution in [-0.4, -0.2) is 38.2 Å². The molecular weight excluding hydrogens is 126 g/mol. The molecule has 0 aliphatic carbocycles. The summed E-state index contributed by atoms with van der Waals surface area (Å²) < 4.78 is 0. The third-order valence-corrected chi connectivity index (χ3v) is 1.09. The quantitative estimate of drug-likeness (QED) is 0.415. The molecule has 0 aromatic carbocycles. The van der Waals surface area contributed by atoms with Gasteiger partial charge in [0, 0.05) is 0 Å². The van der Waals surface area contributed by atoms with E-state index in [0.29, 0.717) is 6.67 Å². The van der Waals surface area contributed by atoms with Crippen molar-refractivity contribution in [2.45, 2.75) is 13.3 Å². The van der Waals surface area contributed by atoms with Crippen LogP contribution in [0.1, 0.15) is 13.3 Å². The lowest BCUT2D eigenvalue weighted by molar-refractivity contribution is 0.347. The molecule has 0 fully saturated rings. The Hall–Kier alpha value is -0.700. The van der Waals surface area contributed by atoms with Crippen LogP contribution in [0.15, 0.2) is 9.98 Å². The van der Waals surface area contributed by atoms with Gasteiger partial charge < -0.3 is 0 Å². The van der Waals surface area contributed by atoms with E-state index in [1.807, 2.05) is 7.05 Å². The summed E-state index contributed by atoms with van der Waals surface area (Å²) in [6, 6.07) is 0. The first-order valence-electron chi connectivity index (χ1n) is 3.44. The van der Waals surface area contributed by atoms with Gasteiger partial charge in [0.05, 0.1) is 6.67 Å². The van der Waals surface area contributed by atoms with Gasteiger partial charge in [-0.2, -0.15) is 0 Å². The summed E-state index contributed by atoms with van der Waals surface area (Å²) in [5.41, 5.74) is 0. The van der Waals surface area contributed by atoms with Crippen molar-refractivity contribution >= 4 is 13.1 Å². The molecule has 0 aliphatic heterocycles. The van der Waals surface area contributed by atoms with E-state index in [9.17, 15) is 0 Å². The van der Waals surface area contributed by atoms with E-state index in [1.165, 1.54) is 6.34 Å². The number of nitrogens with zero attached hydrogens (tertiary/aromatic N) is 3. The summed E-state index contributed by atoms with van der Waals surface area (Å²) >= 11 is 0. The Balaban J connectivity index is 3.28. The highest BCUT2D eigenvalue weighted by Crippen LogP contribution is 1.84. The highest BCUT2D eigenvalue weighted by molar-refractivity contribution is 5.61. The summed E-state index contributed by atoms with van der Waals surface area (Å²) in [5, 5.41) is 0. The molecule has 10 heavy (non-hydrogen) atoms. The molecule has 0 saturated carbocycles. The molecule has 58 valence electrons. The monoisotopic (exact) mass is 141 g/mol. The molecule has 0 rings (SSSR count). The Bertz CT molecular complexity index is 109. The van der Waals surface area contributed by atoms with Crippen molar-refractivity contribution in [3.05, 3.63) is 0 Å². The SMILES string of the molecule is C=N/C=N\CN(C)CCC. The fraction of sp³-hybridized carbons (Fsp3) is 0.714. The van der Waals surface area contributed by atoms with E-state index in [0.717, 1.165) is 13.0 Å². The standard InChI is InChI=1S/C7H15N3/c1-4-5-10(3)7-9-6-8-2/h6H,2,4-5,7H2,1,3H3/b9-6-. The van der Waals surface area contributed by atoms with Gasteiger partial charge >= 0.3 is 0 Å². The van der Waals surface area contributed by atoms with Crippen LogP contribution >= 0.6 is 0 Å². The zero-order chi connectivity index (χ0) is 7.82. The van der Waals surface area contributed by atoms with Gasteiger partial charge in [0.25, 0.3) is 0 Å². The largest absolute Gasteiger partial charge is 0.288 e. The molecule has 0 heterocycles. The summed E-state index contributed by atoms with van der Waals surface area (Å²) in [7, 11) is 2.03. The second kappa shape index (κ2) is 6.42. The Morgan fingerprint density at radius 2 is 2.30 bits per heavy atom. The predicted molar refractivity (Wildman–Crippen MR) is 45.8 cm³/mol. The number of rotatable bonds is 5. The van der Waals surface area contributed by atoms with E-state index < -0.39 is 0 Å². The maximum Gasteiger partial charge on any atom is 0.110 e. The van der Waals surface area contributed by atoms with E-state index in [-0.39, 0.29) is 0 Å². The van der Waals surface area contributed by atoms with Gasteiger partial charge in [0.1, 0.15) is 6.34 Å². The molecule has 0 radical (unpaired) electrons. The van der Waals surface area contributed by atoms with Crippen molar-refractivity contribution in [2.24, 2.45) is 9.98 Å². The summed E-state index contributed by atoms with van der Waals surface area (Å²) in [5.74, 6) is 0. The molecular formula is C7H15N3. The van der Waals surface area contributed by atoms with E-state index in [4.69, 9.17) is 0 Å². The second-order valence-electron chi connectivity index (χ2n) is 2.20. The van der Waals surface area contributed by atoms with Crippen LogP contribution in [-0.2, 0) is 0 Å². The van der Waals surface area contributed by atoms with Crippen LogP contribution in [0, 0.1) is 0 Å². The molecule has 0 spiro atoms. The fourth-order valence-corrected chi connectivity index (χ4v) is 0.686.